The van der Waals surface area contributed by atoms with Crippen molar-refractivity contribution < 1.29 is 9.59 Å². The van der Waals surface area contributed by atoms with Gasteiger partial charge in [0.1, 0.15) is 0 Å². The SMILES string of the molecule is CN(C)CC(=O)Nc1cccc(NC(=O)NCC[C@@H]2CCCN2C)c1. The molecular formula is C18H29N5O2. The fourth-order valence-corrected chi connectivity index (χ4v) is 3.03. The van der Waals surface area contributed by atoms with Crippen LogP contribution in [-0.2, 0) is 4.79 Å². The first-order valence-corrected chi connectivity index (χ1v) is 8.74. The Morgan fingerprint density at radius 1 is 1.24 bits per heavy atom. The van der Waals surface area contributed by atoms with Gasteiger partial charge in [0.25, 0.3) is 0 Å². The number of hydrogen-bond acceptors (Lipinski definition) is 4. The number of benzene rings is 1. The third-order valence-corrected chi connectivity index (χ3v) is 4.30. The number of amides is 3. The van der Waals surface area contributed by atoms with Gasteiger partial charge in [-0.2, -0.15) is 0 Å². The second kappa shape index (κ2) is 9.39. The van der Waals surface area contributed by atoms with E-state index in [9.17, 15) is 9.59 Å². The molecule has 3 N–H and O–H groups in total. The molecule has 0 saturated carbocycles. The Morgan fingerprint density at radius 2 is 1.96 bits per heavy atom. The molecule has 1 atom stereocenters. The number of urea groups is 1. The molecule has 1 aromatic rings. The normalized spacial score (nSPS) is 17.5. The van der Waals surface area contributed by atoms with Crippen molar-refractivity contribution in [2.75, 3.05) is 51.4 Å². The van der Waals surface area contributed by atoms with Crippen molar-refractivity contribution in [3.05, 3.63) is 24.3 Å². The summed E-state index contributed by atoms with van der Waals surface area (Å²) in [4.78, 5) is 28.0. The maximum absolute atomic E-state index is 12.0. The number of likely N-dealkylation sites (tertiary alicyclic amines) is 1. The summed E-state index contributed by atoms with van der Waals surface area (Å²) in [6.45, 7) is 2.11. The molecule has 7 nitrogen and oxygen atoms in total. The molecular weight excluding hydrogens is 318 g/mol. The maximum atomic E-state index is 12.0. The minimum Gasteiger partial charge on any atom is -0.338 e. The topological polar surface area (TPSA) is 76.7 Å². The molecule has 0 radical (unpaired) electrons. The number of nitrogens with one attached hydrogen (secondary N) is 3. The molecule has 1 fully saturated rings. The molecule has 1 aliphatic heterocycles. The van der Waals surface area contributed by atoms with E-state index in [-0.39, 0.29) is 11.9 Å². The molecule has 1 aromatic carbocycles. The van der Waals surface area contributed by atoms with Crippen LogP contribution in [0.25, 0.3) is 0 Å². The molecule has 1 saturated heterocycles. The van der Waals surface area contributed by atoms with Gasteiger partial charge in [-0.3, -0.25) is 4.79 Å². The van der Waals surface area contributed by atoms with Gasteiger partial charge in [-0.15, -0.1) is 0 Å². The summed E-state index contributed by atoms with van der Waals surface area (Å²) in [6.07, 6.45) is 3.40. The van der Waals surface area contributed by atoms with Gasteiger partial charge in [-0.1, -0.05) is 6.07 Å². The van der Waals surface area contributed by atoms with Crippen LogP contribution in [0.3, 0.4) is 0 Å². The predicted octanol–water partition coefficient (Wildman–Crippen LogP) is 1.79. The Hall–Kier alpha value is -2.12. The third kappa shape index (κ3) is 6.72. The lowest BCUT2D eigenvalue weighted by Gasteiger charge is -2.19. The average Bonchev–Trinajstić information content (AvgIpc) is 2.92. The Bertz CT molecular complexity index is 591. The van der Waals surface area contributed by atoms with Gasteiger partial charge in [0.2, 0.25) is 5.91 Å². The van der Waals surface area contributed by atoms with Crippen LogP contribution in [0.1, 0.15) is 19.3 Å². The van der Waals surface area contributed by atoms with Crippen LogP contribution >= 0.6 is 0 Å². The molecule has 0 aliphatic carbocycles. The van der Waals surface area contributed by atoms with Crippen LogP contribution in [0, 0.1) is 0 Å². The first-order valence-electron chi connectivity index (χ1n) is 8.74. The standard InChI is InChI=1S/C18H29N5O2/c1-22(2)13-17(24)20-14-6-4-7-15(12-14)21-18(25)19-10-9-16-8-5-11-23(16)3/h4,6-7,12,16H,5,8-11,13H2,1-3H3,(H,20,24)(H2,19,21,25)/t16-/m0/s1. The van der Waals surface area contributed by atoms with Crippen molar-refractivity contribution >= 4 is 23.3 Å². The summed E-state index contributed by atoms with van der Waals surface area (Å²) >= 11 is 0. The summed E-state index contributed by atoms with van der Waals surface area (Å²) in [6, 6.07) is 7.48. The molecule has 0 spiro atoms. The van der Waals surface area contributed by atoms with Crippen LogP contribution in [0.2, 0.25) is 0 Å². The van der Waals surface area contributed by atoms with E-state index in [0.717, 1.165) is 13.0 Å². The molecule has 3 amide bonds. The second-order valence-electron chi connectivity index (χ2n) is 6.81. The number of carbonyl (C=O) groups excluding carboxylic acids is 2. The molecule has 7 heteroatoms. The zero-order valence-electron chi connectivity index (χ0n) is 15.3. The van der Waals surface area contributed by atoms with Gasteiger partial charge in [0.15, 0.2) is 0 Å². The van der Waals surface area contributed by atoms with Crippen LogP contribution in [-0.4, -0.2) is 68.6 Å². The quantitative estimate of drug-likeness (QED) is 0.703. The molecule has 25 heavy (non-hydrogen) atoms. The van der Waals surface area contributed by atoms with Gasteiger partial charge in [0.05, 0.1) is 6.54 Å². The largest absolute Gasteiger partial charge is 0.338 e. The number of hydrogen-bond donors (Lipinski definition) is 3. The summed E-state index contributed by atoms with van der Waals surface area (Å²) in [5, 5.41) is 8.52. The van der Waals surface area contributed by atoms with E-state index in [2.05, 4.69) is 27.9 Å². The van der Waals surface area contributed by atoms with E-state index < -0.39 is 0 Å². The fraction of sp³-hybridized carbons (Fsp3) is 0.556. The van der Waals surface area contributed by atoms with E-state index in [0.29, 0.717) is 30.5 Å². The Morgan fingerprint density at radius 3 is 2.60 bits per heavy atom. The van der Waals surface area contributed by atoms with Crippen molar-refractivity contribution in [1.29, 1.82) is 0 Å². The summed E-state index contributed by atoms with van der Waals surface area (Å²) in [5.41, 5.74) is 1.32. The zero-order valence-corrected chi connectivity index (χ0v) is 15.3. The van der Waals surface area contributed by atoms with Crippen molar-refractivity contribution in [3.8, 4) is 0 Å². The lowest BCUT2D eigenvalue weighted by atomic mass is 10.1. The van der Waals surface area contributed by atoms with Crippen molar-refractivity contribution in [3.63, 3.8) is 0 Å². The van der Waals surface area contributed by atoms with Gasteiger partial charge < -0.3 is 25.8 Å². The van der Waals surface area contributed by atoms with Crippen LogP contribution in [0.5, 0.6) is 0 Å². The van der Waals surface area contributed by atoms with Crippen LogP contribution in [0.15, 0.2) is 24.3 Å². The van der Waals surface area contributed by atoms with Crippen molar-refractivity contribution in [1.82, 2.24) is 15.1 Å². The van der Waals surface area contributed by atoms with Gasteiger partial charge >= 0.3 is 6.03 Å². The van der Waals surface area contributed by atoms with Gasteiger partial charge in [0, 0.05) is 24.0 Å². The first-order chi connectivity index (χ1) is 11.9. The highest BCUT2D eigenvalue weighted by Crippen LogP contribution is 2.17. The average molecular weight is 347 g/mol. The summed E-state index contributed by atoms with van der Waals surface area (Å²) in [5.74, 6) is -0.0905. The Labute approximate surface area is 149 Å². The van der Waals surface area contributed by atoms with Crippen molar-refractivity contribution in [2.24, 2.45) is 0 Å². The smallest absolute Gasteiger partial charge is 0.319 e. The van der Waals surface area contributed by atoms with Crippen LogP contribution in [0.4, 0.5) is 16.2 Å². The highest BCUT2D eigenvalue weighted by Gasteiger charge is 2.20. The van der Waals surface area contributed by atoms with Crippen LogP contribution < -0.4 is 16.0 Å². The highest BCUT2D eigenvalue weighted by atomic mass is 16.2. The number of nitrogens with zero attached hydrogens (tertiary/aromatic N) is 2. The molecule has 1 heterocycles. The van der Waals surface area contributed by atoms with Crippen molar-refractivity contribution in [2.45, 2.75) is 25.3 Å². The predicted molar refractivity (Wildman–Crippen MR) is 101 cm³/mol. The van der Waals surface area contributed by atoms with E-state index in [1.54, 1.807) is 29.2 Å². The van der Waals surface area contributed by atoms with E-state index in [1.807, 2.05) is 14.1 Å². The van der Waals surface area contributed by atoms with Gasteiger partial charge in [-0.05, 0) is 65.1 Å². The lowest BCUT2D eigenvalue weighted by Crippen LogP contribution is -2.34. The summed E-state index contributed by atoms with van der Waals surface area (Å²) in [7, 11) is 5.81. The molecule has 2 rings (SSSR count). The molecule has 138 valence electrons. The lowest BCUT2D eigenvalue weighted by molar-refractivity contribution is -0.116. The molecule has 0 unspecified atom stereocenters. The Balaban J connectivity index is 1.76. The van der Waals surface area contributed by atoms with E-state index >= 15 is 0 Å². The monoisotopic (exact) mass is 347 g/mol. The number of anilines is 2. The minimum absolute atomic E-state index is 0.0905. The zero-order chi connectivity index (χ0) is 18.2. The number of carbonyl (C=O) groups is 2. The maximum Gasteiger partial charge on any atom is 0.319 e. The van der Waals surface area contributed by atoms with Gasteiger partial charge in [-0.25, -0.2) is 4.79 Å². The van der Waals surface area contributed by atoms with E-state index in [1.165, 1.54) is 12.8 Å². The minimum atomic E-state index is -0.225. The molecule has 0 aromatic heterocycles. The molecule has 1 aliphatic rings. The Kier molecular flexibility index (Phi) is 7.21. The summed E-state index contributed by atoms with van der Waals surface area (Å²) < 4.78 is 0. The van der Waals surface area contributed by atoms with E-state index in [4.69, 9.17) is 0 Å². The fourth-order valence-electron chi connectivity index (χ4n) is 3.03. The molecule has 0 bridgehead atoms. The number of rotatable bonds is 7. The highest BCUT2D eigenvalue weighted by molar-refractivity contribution is 5.94. The number of likely N-dealkylation sites (N-methyl/N-ethyl adjacent to an activating group) is 1. The second-order valence-corrected chi connectivity index (χ2v) is 6.81. The first kappa shape index (κ1) is 19.2. The third-order valence-electron chi connectivity index (χ3n) is 4.30.